The van der Waals surface area contributed by atoms with Crippen molar-refractivity contribution in [2.45, 2.75) is 13.3 Å². The average molecular weight is 259 g/mol. The zero-order valence-corrected chi connectivity index (χ0v) is 9.97. The Morgan fingerprint density at radius 2 is 2.06 bits per heavy atom. The zero-order chi connectivity index (χ0) is 12.8. The van der Waals surface area contributed by atoms with Gasteiger partial charge in [-0.3, -0.25) is 9.59 Å². The van der Waals surface area contributed by atoms with Crippen LogP contribution in [0.5, 0.6) is 0 Å². The van der Waals surface area contributed by atoms with Crippen LogP contribution in [-0.4, -0.2) is 17.7 Å². The van der Waals surface area contributed by atoms with Gasteiger partial charge in [0, 0.05) is 24.9 Å². The molecular weight excluding hydrogens is 247 g/mol. The first-order valence-electron chi connectivity index (χ1n) is 4.96. The number of carbonyl (C=O) groups excluding carboxylic acids is 2. The van der Waals surface area contributed by atoms with Crippen LogP contribution in [0.25, 0.3) is 0 Å². The largest absolute Gasteiger partial charge is 0.326 e. The van der Waals surface area contributed by atoms with Crippen LogP contribution in [0, 0.1) is 5.82 Å². The fourth-order valence-electron chi connectivity index (χ4n) is 1.20. The van der Waals surface area contributed by atoms with E-state index in [2.05, 4.69) is 10.6 Å². The number of carbonyl (C=O) groups is 2. The fraction of sp³-hybridized carbons (Fsp3) is 0.273. The molecule has 0 bridgehead atoms. The van der Waals surface area contributed by atoms with Crippen LogP contribution in [0.2, 0.25) is 0 Å². The van der Waals surface area contributed by atoms with Crippen molar-refractivity contribution < 1.29 is 14.0 Å². The Morgan fingerprint density at radius 3 is 2.65 bits per heavy atom. The van der Waals surface area contributed by atoms with Crippen molar-refractivity contribution in [3.8, 4) is 0 Å². The number of hydrogen-bond acceptors (Lipinski definition) is 2. The maximum Gasteiger partial charge on any atom is 0.225 e. The molecule has 17 heavy (non-hydrogen) atoms. The summed E-state index contributed by atoms with van der Waals surface area (Å²) in [6.07, 6.45) is 0.103. The molecule has 0 unspecified atom stereocenters. The Bertz CT molecular complexity index is 437. The predicted molar refractivity (Wildman–Crippen MR) is 64.7 cm³/mol. The van der Waals surface area contributed by atoms with Gasteiger partial charge in [-0.15, -0.1) is 11.6 Å². The van der Waals surface area contributed by atoms with Gasteiger partial charge in [0.25, 0.3) is 0 Å². The molecule has 0 aliphatic carbocycles. The summed E-state index contributed by atoms with van der Waals surface area (Å²) >= 11 is 5.39. The summed E-state index contributed by atoms with van der Waals surface area (Å²) in [6.45, 7) is 1.34. The number of benzene rings is 1. The van der Waals surface area contributed by atoms with Gasteiger partial charge in [-0.25, -0.2) is 4.39 Å². The van der Waals surface area contributed by atoms with Gasteiger partial charge in [0.2, 0.25) is 11.8 Å². The first-order valence-corrected chi connectivity index (χ1v) is 5.49. The molecule has 4 nitrogen and oxygen atoms in total. The summed E-state index contributed by atoms with van der Waals surface area (Å²) in [7, 11) is 0. The Balaban J connectivity index is 2.83. The topological polar surface area (TPSA) is 58.2 Å². The summed E-state index contributed by atoms with van der Waals surface area (Å²) in [5, 5.41) is 4.87. The van der Waals surface area contributed by atoms with Crippen LogP contribution in [-0.2, 0) is 9.59 Å². The molecule has 0 aliphatic rings. The van der Waals surface area contributed by atoms with Crippen LogP contribution in [0.1, 0.15) is 13.3 Å². The van der Waals surface area contributed by atoms with Gasteiger partial charge >= 0.3 is 0 Å². The second-order valence-electron chi connectivity index (χ2n) is 3.36. The third kappa shape index (κ3) is 4.40. The first kappa shape index (κ1) is 13.4. The molecule has 0 heterocycles. The molecule has 0 fully saturated rings. The molecule has 0 spiro atoms. The quantitative estimate of drug-likeness (QED) is 0.815. The number of anilines is 2. The van der Waals surface area contributed by atoms with Crippen molar-refractivity contribution in [2.75, 3.05) is 16.5 Å². The SMILES string of the molecule is CC(=O)Nc1ccc(F)c(NC(=O)CCCl)c1. The zero-order valence-electron chi connectivity index (χ0n) is 9.22. The number of rotatable bonds is 4. The van der Waals surface area contributed by atoms with Gasteiger partial charge in [-0.2, -0.15) is 0 Å². The van der Waals surface area contributed by atoms with Crippen molar-refractivity contribution in [2.24, 2.45) is 0 Å². The van der Waals surface area contributed by atoms with Gasteiger partial charge in [0.05, 0.1) is 5.69 Å². The summed E-state index contributed by atoms with van der Waals surface area (Å²) in [4.78, 5) is 22.1. The second-order valence-corrected chi connectivity index (χ2v) is 3.74. The van der Waals surface area contributed by atoms with Gasteiger partial charge < -0.3 is 10.6 Å². The lowest BCUT2D eigenvalue weighted by Gasteiger charge is -2.08. The molecule has 0 atom stereocenters. The van der Waals surface area contributed by atoms with E-state index in [0.717, 1.165) is 0 Å². The normalized spacial score (nSPS) is 9.82. The Morgan fingerprint density at radius 1 is 1.35 bits per heavy atom. The third-order valence-electron chi connectivity index (χ3n) is 1.88. The van der Waals surface area contributed by atoms with E-state index in [1.807, 2.05) is 0 Å². The van der Waals surface area contributed by atoms with Gasteiger partial charge in [-0.1, -0.05) is 0 Å². The summed E-state index contributed by atoms with van der Waals surface area (Å²) in [6, 6.07) is 3.93. The molecule has 0 aliphatic heterocycles. The van der Waals surface area contributed by atoms with E-state index < -0.39 is 5.82 Å². The maximum atomic E-state index is 13.3. The second kappa shape index (κ2) is 6.20. The summed E-state index contributed by atoms with van der Waals surface area (Å²) in [5.41, 5.74) is 0.437. The molecule has 2 amide bonds. The molecular formula is C11H12ClFN2O2. The van der Waals surface area contributed by atoms with Gasteiger partial charge in [0.15, 0.2) is 0 Å². The van der Waals surface area contributed by atoms with Gasteiger partial charge in [0.1, 0.15) is 5.82 Å². The minimum Gasteiger partial charge on any atom is -0.326 e. The molecule has 1 aromatic rings. The monoisotopic (exact) mass is 258 g/mol. The lowest BCUT2D eigenvalue weighted by Crippen LogP contribution is -2.13. The van der Waals surface area contributed by atoms with Crippen molar-refractivity contribution in [3.05, 3.63) is 24.0 Å². The Kier molecular flexibility index (Phi) is 4.90. The lowest BCUT2D eigenvalue weighted by molar-refractivity contribution is -0.116. The highest BCUT2D eigenvalue weighted by Crippen LogP contribution is 2.19. The smallest absolute Gasteiger partial charge is 0.225 e. The van der Waals surface area contributed by atoms with Crippen LogP contribution in [0.3, 0.4) is 0 Å². The van der Waals surface area contributed by atoms with E-state index in [1.54, 1.807) is 0 Å². The van der Waals surface area contributed by atoms with E-state index in [9.17, 15) is 14.0 Å². The first-order chi connectivity index (χ1) is 8.02. The molecule has 92 valence electrons. The molecule has 0 saturated carbocycles. The van der Waals surface area contributed by atoms with E-state index in [0.29, 0.717) is 5.69 Å². The molecule has 0 saturated heterocycles. The standard InChI is InChI=1S/C11H12ClFN2O2/c1-7(16)14-8-2-3-9(13)10(6-8)15-11(17)4-5-12/h2-3,6H,4-5H2,1H3,(H,14,16)(H,15,17). The molecule has 0 radical (unpaired) electrons. The number of halogens is 2. The number of nitrogens with one attached hydrogen (secondary N) is 2. The van der Waals surface area contributed by atoms with E-state index in [1.165, 1.54) is 25.1 Å². The highest BCUT2D eigenvalue weighted by atomic mass is 35.5. The molecule has 1 rings (SSSR count). The number of amides is 2. The number of alkyl halides is 1. The Hall–Kier alpha value is -1.62. The van der Waals surface area contributed by atoms with E-state index in [4.69, 9.17) is 11.6 Å². The highest BCUT2D eigenvalue weighted by molar-refractivity contribution is 6.19. The van der Waals surface area contributed by atoms with E-state index in [-0.39, 0.29) is 29.8 Å². The van der Waals surface area contributed by atoms with Crippen LogP contribution in [0.15, 0.2) is 18.2 Å². The Labute approximate surface area is 103 Å². The molecule has 6 heteroatoms. The molecule has 1 aromatic carbocycles. The minimum absolute atomic E-state index is 0.0198. The fourth-order valence-corrected chi connectivity index (χ4v) is 1.37. The maximum absolute atomic E-state index is 13.3. The van der Waals surface area contributed by atoms with Gasteiger partial charge in [-0.05, 0) is 18.2 Å². The van der Waals surface area contributed by atoms with Crippen LogP contribution < -0.4 is 10.6 Å². The predicted octanol–water partition coefficient (Wildman–Crippen LogP) is 2.35. The molecule has 0 aromatic heterocycles. The van der Waals surface area contributed by atoms with Crippen molar-refractivity contribution in [1.82, 2.24) is 0 Å². The van der Waals surface area contributed by atoms with Crippen molar-refractivity contribution in [1.29, 1.82) is 0 Å². The van der Waals surface area contributed by atoms with Crippen molar-refractivity contribution >= 4 is 34.8 Å². The minimum atomic E-state index is -0.568. The van der Waals surface area contributed by atoms with Crippen molar-refractivity contribution in [3.63, 3.8) is 0 Å². The third-order valence-corrected chi connectivity index (χ3v) is 2.07. The van der Waals surface area contributed by atoms with E-state index >= 15 is 0 Å². The summed E-state index contributed by atoms with van der Waals surface area (Å²) < 4.78 is 13.3. The van der Waals surface area contributed by atoms with Crippen LogP contribution in [0.4, 0.5) is 15.8 Å². The molecule has 2 N–H and O–H groups in total. The van der Waals surface area contributed by atoms with Crippen LogP contribution >= 0.6 is 11.6 Å². The summed E-state index contributed by atoms with van der Waals surface area (Å²) in [5.74, 6) is -1.05. The number of hydrogen-bond donors (Lipinski definition) is 2. The lowest BCUT2D eigenvalue weighted by atomic mass is 10.2. The highest BCUT2D eigenvalue weighted by Gasteiger charge is 2.08. The average Bonchev–Trinajstić information content (AvgIpc) is 2.22.